The number of aromatic hydroxyl groups is 1. The quantitative estimate of drug-likeness (QED) is 0.494. The van der Waals surface area contributed by atoms with Gasteiger partial charge < -0.3 is 5.11 Å². The number of aliphatic imine (C=N–C) groups is 1. The molecule has 0 fully saturated rings. The van der Waals surface area contributed by atoms with Gasteiger partial charge in [0, 0.05) is 12.3 Å². The molecule has 0 spiro atoms. The highest BCUT2D eigenvalue weighted by Crippen LogP contribution is 2.31. The molecule has 8 heteroatoms. The summed E-state index contributed by atoms with van der Waals surface area (Å²) in [4.78, 5) is 27.2. The number of nitro benzene ring substituents is 1. The number of anilines is 1. The van der Waals surface area contributed by atoms with E-state index in [1.54, 1.807) is 12.1 Å². The predicted octanol–water partition coefficient (Wildman–Crippen LogP) is 3.68. The van der Waals surface area contributed by atoms with Crippen molar-refractivity contribution < 1.29 is 14.8 Å². The summed E-state index contributed by atoms with van der Waals surface area (Å²) in [5.41, 5.74) is 1.24. The van der Waals surface area contributed by atoms with E-state index >= 15 is 0 Å². The third-order valence-corrected chi connectivity index (χ3v) is 4.13. The van der Waals surface area contributed by atoms with Gasteiger partial charge in [0.15, 0.2) is 0 Å². The van der Waals surface area contributed by atoms with Crippen LogP contribution < -0.4 is 5.01 Å². The van der Waals surface area contributed by atoms with Crippen LogP contribution in [0.5, 0.6) is 5.75 Å². The van der Waals surface area contributed by atoms with E-state index in [1.165, 1.54) is 23.4 Å². The van der Waals surface area contributed by atoms with Crippen molar-refractivity contribution in [1.29, 1.82) is 0 Å². The summed E-state index contributed by atoms with van der Waals surface area (Å²) in [7, 11) is 0. The van der Waals surface area contributed by atoms with Crippen LogP contribution in [-0.4, -0.2) is 27.9 Å². The first kappa shape index (κ1) is 18.2. The lowest BCUT2D eigenvalue weighted by Gasteiger charge is -2.12. The molecule has 3 rings (SSSR count). The van der Waals surface area contributed by atoms with Crippen molar-refractivity contribution in [2.24, 2.45) is 21.9 Å². The van der Waals surface area contributed by atoms with Crippen molar-refractivity contribution >= 4 is 34.9 Å². The molecule has 1 aliphatic rings. The number of nitrogens with zero attached hydrogens (tertiary/aromatic N) is 4. The van der Waals surface area contributed by atoms with Crippen molar-refractivity contribution in [3.05, 3.63) is 58.6 Å². The number of rotatable bonds is 5. The highest BCUT2D eigenvalue weighted by Gasteiger charge is 2.36. The first-order valence-electron chi connectivity index (χ1n) is 8.37. The normalized spacial score (nSPS) is 17.0. The number of phenols is 1. The van der Waals surface area contributed by atoms with Crippen LogP contribution in [0.1, 0.15) is 13.8 Å². The van der Waals surface area contributed by atoms with E-state index in [9.17, 15) is 20.0 Å². The van der Waals surface area contributed by atoms with E-state index in [1.807, 2.05) is 32.0 Å². The number of amides is 1. The fourth-order valence-corrected chi connectivity index (χ4v) is 2.74. The molecule has 1 unspecified atom stereocenters. The lowest BCUT2D eigenvalue weighted by molar-refractivity contribution is -0.384. The van der Waals surface area contributed by atoms with Gasteiger partial charge in [-0.1, -0.05) is 32.0 Å². The Hall–Kier alpha value is -3.55. The number of nitro groups is 1. The van der Waals surface area contributed by atoms with Gasteiger partial charge in [-0.25, -0.2) is 0 Å². The standard InChI is InChI=1S/C19H18N4O4/c1-12(2)18-15(19(25)22(21-18)13-6-4-3-5-7-13)11-20-16-9-8-14(23(26)27)10-17(16)24/h3-12,15,24H,1-2H3. The van der Waals surface area contributed by atoms with Crippen molar-refractivity contribution in [1.82, 2.24) is 0 Å². The monoisotopic (exact) mass is 366 g/mol. The van der Waals surface area contributed by atoms with E-state index in [-0.39, 0.29) is 28.9 Å². The molecule has 27 heavy (non-hydrogen) atoms. The fourth-order valence-electron chi connectivity index (χ4n) is 2.74. The van der Waals surface area contributed by atoms with E-state index in [0.717, 1.165) is 6.07 Å². The van der Waals surface area contributed by atoms with Gasteiger partial charge in [-0.05, 0) is 24.1 Å². The number of phenolic OH excluding ortho intramolecular Hbond substituents is 1. The van der Waals surface area contributed by atoms with Crippen LogP contribution in [0.25, 0.3) is 0 Å². The molecule has 1 N–H and O–H groups in total. The number of carbonyl (C=O) groups excluding carboxylic acids is 1. The molecule has 0 aromatic heterocycles. The lowest BCUT2D eigenvalue weighted by atomic mass is 9.95. The molecule has 0 radical (unpaired) electrons. The molecule has 0 saturated heterocycles. The summed E-state index contributed by atoms with van der Waals surface area (Å²) >= 11 is 0. The summed E-state index contributed by atoms with van der Waals surface area (Å²) < 4.78 is 0. The largest absolute Gasteiger partial charge is 0.505 e. The minimum Gasteiger partial charge on any atom is -0.505 e. The second kappa shape index (κ2) is 7.36. The van der Waals surface area contributed by atoms with Crippen LogP contribution in [0.4, 0.5) is 17.1 Å². The molecule has 1 atom stereocenters. The zero-order chi connectivity index (χ0) is 19.6. The summed E-state index contributed by atoms with van der Waals surface area (Å²) in [5.74, 6) is -1.21. The lowest BCUT2D eigenvalue weighted by Crippen LogP contribution is -2.29. The molecule has 0 aliphatic carbocycles. The van der Waals surface area contributed by atoms with Crippen molar-refractivity contribution in [2.75, 3.05) is 5.01 Å². The molecule has 0 bridgehead atoms. The maximum atomic E-state index is 12.8. The molecular weight excluding hydrogens is 348 g/mol. The number of hydrazone groups is 1. The van der Waals surface area contributed by atoms with Gasteiger partial charge in [-0.2, -0.15) is 10.1 Å². The Morgan fingerprint density at radius 1 is 1.26 bits per heavy atom. The van der Waals surface area contributed by atoms with Crippen molar-refractivity contribution in [2.45, 2.75) is 13.8 Å². The molecule has 1 aliphatic heterocycles. The molecule has 2 aromatic carbocycles. The Balaban J connectivity index is 1.89. The topological polar surface area (TPSA) is 108 Å². The van der Waals surface area contributed by atoms with E-state index < -0.39 is 10.8 Å². The van der Waals surface area contributed by atoms with Crippen LogP contribution in [-0.2, 0) is 4.79 Å². The van der Waals surface area contributed by atoms with Crippen LogP contribution in [0.3, 0.4) is 0 Å². The molecule has 1 heterocycles. The molecule has 138 valence electrons. The highest BCUT2D eigenvalue weighted by atomic mass is 16.6. The van der Waals surface area contributed by atoms with Crippen LogP contribution >= 0.6 is 0 Å². The van der Waals surface area contributed by atoms with Crippen LogP contribution in [0.2, 0.25) is 0 Å². The Labute approximate surface area is 155 Å². The van der Waals surface area contributed by atoms with Gasteiger partial charge in [0.2, 0.25) is 0 Å². The first-order valence-corrected chi connectivity index (χ1v) is 8.37. The van der Waals surface area contributed by atoms with Gasteiger partial charge in [0.1, 0.15) is 17.4 Å². The summed E-state index contributed by atoms with van der Waals surface area (Å²) in [6.07, 6.45) is 1.42. The van der Waals surface area contributed by atoms with E-state index in [0.29, 0.717) is 11.4 Å². The number of benzene rings is 2. The molecule has 2 aromatic rings. The van der Waals surface area contributed by atoms with E-state index in [2.05, 4.69) is 10.1 Å². The van der Waals surface area contributed by atoms with Gasteiger partial charge >= 0.3 is 0 Å². The second-order valence-corrected chi connectivity index (χ2v) is 6.35. The smallest absolute Gasteiger partial charge is 0.273 e. The number of carbonyl (C=O) groups is 1. The number of hydrogen-bond acceptors (Lipinski definition) is 6. The zero-order valence-corrected chi connectivity index (χ0v) is 14.8. The Morgan fingerprint density at radius 2 is 1.96 bits per heavy atom. The Bertz CT molecular complexity index is 938. The average Bonchev–Trinajstić information content (AvgIpc) is 2.98. The fraction of sp³-hybridized carbons (Fsp3) is 0.211. The third-order valence-electron chi connectivity index (χ3n) is 4.13. The van der Waals surface area contributed by atoms with Crippen LogP contribution in [0, 0.1) is 22.0 Å². The number of hydrogen-bond donors (Lipinski definition) is 1. The zero-order valence-electron chi connectivity index (χ0n) is 14.8. The Kier molecular flexibility index (Phi) is 4.98. The molecule has 1 amide bonds. The predicted molar refractivity (Wildman–Crippen MR) is 103 cm³/mol. The summed E-state index contributed by atoms with van der Waals surface area (Å²) in [6, 6.07) is 12.7. The summed E-state index contributed by atoms with van der Waals surface area (Å²) in [6.45, 7) is 3.87. The minimum absolute atomic E-state index is 0.0181. The number of non-ortho nitro benzene ring substituents is 1. The van der Waals surface area contributed by atoms with Gasteiger partial charge in [0.25, 0.3) is 11.6 Å². The summed E-state index contributed by atoms with van der Waals surface area (Å²) in [5, 5.41) is 26.5. The maximum Gasteiger partial charge on any atom is 0.273 e. The first-order chi connectivity index (χ1) is 12.9. The average molecular weight is 366 g/mol. The van der Waals surface area contributed by atoms with E-state index in [4.69, 9.17) is 0 Å². The molecule has 0 saturated carbocycles. The third kappa shape index (κ3) is 3.69. The number of para-hydroxylation sites is 1. The minimum atomic E-state index is -0.667. The van der Waals surface area contributed by atoms with Gasteiger partial charge in [0.05, 0.1) is 22.4 Å². The maximum absolute atomic E-state index is 12.8. The molecular formula is C19H18N4O4. The SMILES string of the molecule is CC(C)C1=NN(c2ccccc2)C(=O)C1C=Nc1ccc([N+](=O)[O-])cc1O. The second-order valence-electron chi connectivity index (χ2n) is 6.35. The Morgan fingerprint density at radius 3 is 2.56 bits per heavy atom. The van der Waals surface area contributed by atoms with Crippen molar-refractivity contribution in [3.63, 3.8) is 0 Å². The highest BCUT2D eigenvalue weighted by molar-refractivity contribution is 6.24. The van der Waals surface area contributed by atoms with Crippen LogP contribution in [0.15, 0.2) is 58.6 Å². The van der Waals surface area contributed by atoms with Gasteiger partial charge in [-0.3, -0.25) is 19.9 Å². The van der Waals surface area contributed by atoms with Gasteiger partial charge in [-0.15, -0.1) is 0 Å². The van der Waals surface area contributed by atoms with Crippen molar-refractivity contribution in [3.8, 4) is 5.75 Å². The molecule has 8 nitrogen and oxygen atoms in total.